The topological polar surface area (TPSA) is 61.0 Å². The summed E-state index contributed by atoms with van der Waals surface area (Å²) in [5.74, 6) is 2.08. The molecule has 1 aliphatic rings. The molecule has 2 aromatic rings. The van der Waals surface area contributed by atoms with Crippen LogP contribution in [0.2, 0.25) is 0 Å². The molecule has 0 spiro atoms. The Morgan fingerprint density at radius 2 is 2.17 bits per heavy atom. The Labute approximate surface area is 137 Å². The van der Waals surface area contributed by atoms with Gasteiger partial charge in [0.05, 0.1) is 12.1 Å². The lowest BCUT2D eigenvalue weighted by Crippen LogP contribution is -2.52. The fraction of sp³-hybridized carbons (Fsp3) is 0.471. The van der Waals surface area contributed by atoms with E-state index in [1.165, 1.54) is 0 Å². The Morgan fingerprint density at radius 1 is 1.30 bits per heavy atom. The summed E-state index contributed by atoms with van der Waals surface area (Å²) in [7, 11) is 0. The fourth-order valence-corrected chi connectivity index (χ4v) is 3.04. The molecule has 3 rings (SSSR count). The third-order valence-corrected chi connectivity index (χ3v) is 4.45. The van der Waals surface area contributed by atoms with Crippen LogP contribution < -0.4 is 4.90 Å². The quantitative estimate of drug-likeness (QED) is 0.863. The summed E-state index contributed by atoms with van der Waals surface area (Å²) in [5, 5.41) is 8.86. The number of hydrogen-bond donors (Lipinski definition) is 0. The normalized spacial score (nSPS) is 18.8. The van der Waals surface area contributed by atoms with Crippen molar-refractivity contribution in [1.82, 2.24) is 19.4 Å². The van der Waals surface area contributed by atoms with Gasteiger partial charge in [0, 0.05) is 50.8 Å². The Bertz CT molecular complexity index is 684. The van der Waals surface area contributed by atoms with E-state index in [0.717, 1.165) is 44.4 Å². The molecule has 1 fully saturated rings. The molecule has 6 heteroatoms. The van der Waals surface area contributed by atoms with Gasteiger partial charge in [-0.3, -0.25) is 4.90 Å². The van der Waals surface area contributed by atoms with Crippen LogP contribution in [0.5, 0.6) is 0 Å². The monoisotopic (exact) mass is 310 g/mol. The van der Waals surface area contributed by atoms with Gasteiger partial charge in [0.2, 0.25) is 0 Å². The zero-order valence-electron chi connectivity index (χ0n) is 13.7. The summed E-state index contributed by atoms with van der Waals surface area (Å²) < 4.78 is 2.20. The maximum Gasteiger partial charge on any atom is 0.128 e. The van der Waals surface area contributed by atoms with Gasteiger partial charge in [0.15, 0.2) is 0 Å². The smallest absolute Gasteiger partial charge is 0.128 e. The molecule has 120 valence electrons. The molecule has 1 atom stereocenters. The molecule has 0 amide bonds. The largest absolute Gasteiger partial charge is 0.354 e. The second-order valence-electron chi connectivity index (χ2n) is 5.91. The molecule has 0 aliphatic carbocycles. The van der Waals surface area contributed by atoms with E-state index < -0.39 is 0 Å². The minimum atomic E-state index is 0.434. The summed E-state index contributed by atoms with van der Waals surface area (Å²) in [6, 6.07) is 6.31. The Hall–Kier alpha value is -2.39. The van der Waals surface area contributed by atoms with E-state index in [1.54, 1.807) is 6.20 Å². The molecule has 6 nitrogen and oxygen atoms in total. The van der Waals surface area contributed by atoms with Crippen molar-refractivity contribution in [3.05, 3.63) is 42.1 Å². The summed E-state index contributed by atoms with van der Waals surface area (Å²) in [6.45, 7) is 9.09. The summed E-state index contributed by atoms with van der Waals surface area (Å²) in [4.78, 5) is 13.6. The molecule has 1 aliphatic heterocycles. The van der Waals surface area contributed by atoms with Gasteiger partial charge in [-0.05, 0) is 26.0 Å². The lowest BCUT2D eigenvalue weighted by Gasteiger charge is -2.40. The molecular formula is C17H22N6. The number of piperazine rings is 1. The average Bonchev–Trinajstić information content (AvgIpc) is 3.04. The molecule has 23 heavy (non-hydrogen) atoms. The number of hydrogen-bond acceptors (Lipinski definition) is 5. The fourth-order valence-electron chi connectivity index (χ4n) is 3.04. The van der Waals surface area contributed by atoms with Gasteiger partial charge in [-0.2, -0.15) is 5.26 Å². The minimum absolute atomic E-state index is 0.434. The highest BCUT2D eigenvalue weighted by atomic mass is 15.3. The maximum absolute atomic E-state index is 8.86. The summed E-state index contributed by atoms with van der Waals surface area (Å²) >= 11 is 0. The van der Waals surface area contributed by atoms with Crippen molar-refractivity contribution in [2.75, 3.05) is 24.5 Å². The summed E-state index contributed by atoms with van der Waals surface area (Å²) in [6.07, 6.45) is 5.56. The molecule has 0 bridgehead atoms. The Balaban J connectivity index is 1.64. The van der Waals surface area contributed by atoms with Crippen LogP contribution in [0, 0.1) is 11.3 Å². The first-order chi connectivity index (χ1) is 11.2. The number of aromatic nitrogens is 3. The third-order valence-electron chi connectivity index (χ3n) is 4.45. The van der Waals surface area contributed by atoms with E-state index in [0.29, 0.717) is 11.6 Å². The highest BCUT2D eigenvalue weighted by Crippen LogP contribution is 2.18. The second-order valence-corrected chi connectivity index (χ2v) is 5.91. The van der Waals surface area contributed by atoms with Crippen LogP contribution in [-0.4, -0.2) is 45.1 Å². The molecule has 2 aromatic heterocycles. The van der Waals surface area contributed by atoms with Crippen molar-refractivity contribution >= 4 is 5.82 Å². The van der Waals surface area contributed by atoms with E-state index in [2.05, 4.69) is 44.3 Å². The van der Waals surface area contributed by atoms with Gasteiger partial charge < -0.3 is 9.47 Å². The van der Waals surface area contributed by atoms with Gasteiger partial charge in [-0.25, -0.2) is 9.97 Å². The number of pyridine rings is 1. The summed E-state index contributed by atoms with van der Waals surface area (Å²) in [5.41, 5.74) is 0.604. The van der Waals surface area contributed by atoms with Crippen LogP contribution in [0.25, 0.3) is 0 Å². The maximum atomic E-state index is 8.86. The lowest BCUT2D eigenvalue weighted by atomic mass is 10.2. The van der Waals surface area contributed by atoms with Crippen molar-refractivity contribution in [3.63, 3.8) is 0 Å². The highest BCUT2D eigenvalue weighted by Gasteiger charge is 2.25. The first-order valence-corrected chi connectivity index (χ1v) is 8.06. The van der Waals surface area contributed by atoms with Gasteiger partial charge in [-0.1, -0.05) is 0 Å². The number of nitrogens with zero attached hydrogens (tertiary/aromatic N) is 6. The second kappa shape index (κ2) is 6.80. The molecule has 0 N–H and O–H groups in total. The standard InChI is InChI=1S/C17H22N6/c1-3-21-7-6-19-17(21)13-22-8-9-23(12-14(22)2)16-5-4-15(10-18)11-20-16/h4-7,11,14H,3,8-9,12-13H2,1-2H3/t14-/m0/s1. The zero-order valence-corrected chi connectivity index (χ0v) is 13.7. The van der Waals surface area contributed by atoms with E-state index in [9.17, 15) is 0 Å². The molecule has 1 saturated heterocycles. The van der Waals surface area contributed by atoms with Crippen LogP contribution in [0.3, 0.4) is 0 Å². The lowest BCUT2D eigenvalue weighted by molar-refractivity contribution is 0.174. The Kier molecular flexibility index (Phi) is 4.58. The number of imidazole rings is 1. The number of anilines is 1. The van der Waals surface area contributed by atoms with E-state index >= 15 is 0 Å². The van der Waals surface area contributed by atoms with Crippen LogP contribution >= 0.6 is 0 Å². The van der Waals surface area contributed by atoms with Crippen molar-refractivity contribution < 1.29 is 0 Å². The van der Waals surface area contributed by atoms with Crippen molar-refractivity contribution in [3.8, 4) is 6.07 Å². The number of nitriles is 1. The predicted octanol–water partition coefficient (Wildman–Crippen LogP) is 1.88. The molecule has 0 radical (unpaired) electrons. The minimum Gasteiger partial charge on any atom is -0.354 e. The average molecular weight is 310 g/mol. The van der Waals surface area contributed by atoms with Crippen LogP contribution in [0.1, 0.15) is 25.2 Å². The highest BCUT2D eigenvalue weighted by molar-refractivity contribution is 5.42. The third kappa shape index (κ3) is 3.35. The van der Waals surface area contributed by atoms with Crippen LogP contribution in [-0.2, 0) is 13.1 Å². The van der Waals surface area contributed by atoms with E-state index in [1.807, 2.05) is 24.5 Å². The van der Waals surface area contributed by atoms with Crippen molar-refractivity contribution in [2.45, 2.75) is 33.0 Å². The Morgan fingerprint density at radius 3 is 2.83 bits per heavy atom. The zero-order chi connectivity index (χ0) is 16.2. The van der Waals surface area contributed by atoms with Crippen LogP contribution in [0.15, 0.2) is 30.7 Å². The molecule has 0 aromatic carbocycles. The van der Waals surface area contributed by atoms with Crippen molar-refractivity contribution in [1.29, 1.82) is 5.26 Å². The predicted molar refractivity (Wildman–Crippen MR) is 88.9 cm³/mol. The van der Waals surface area contributed by atoms with Gasteiger partial charge in [0.1, 0.15) is 17.7 Å². The van der Waals surface area contributed by atoms with Crippen LogP contribution in [0.4, 0.5) is 5.82 Å². The first kappa shape index (κ1) is 15.5. The molecular weight excluding hydrogens is 288 g/mol. The number of aryl methyl sites for hydroxylation is 1. The van der Waals surface area contributed by atoms with Crippen molar-refractivity contribution in [2.24, 2.45) is 0 Å². The first-order valence-electron chi connectivity index (χ1n) is 8.06. The molecule has 0 unspecified atom stereocenters. The SMILES string of the molecule is CCn1ccnc1CN1CCN(c2ccc(C#N)cn2)C[C@@H]1C. The van der Waals surface area contributed by atoms with Gasteiger partial charge in [0.25, 0.3) is 0 Å². The molecule has 0 saturated carbocycles. The van der Waals surface area contributed by atoms with E-state index in [-0.39, 0.29) is 0 Å². The number of rotatable bonds is 4. The molecule has 3 heterocycles. The van der Waals surface area contributed by atoms with Gasteiger partial charge in [-0.15, -0.1) is 0 Å². The van der Waals surface area contributed by atoms with Gasteiger partial charge >= 0.3 is 0 Å². The van der Waals surface area contributed by atoms with E-state index in [4.69, 9.17) is 5.26 Å².